The van der Waals surface area contributed by atoms with Crippen LogP contribution < -0.4 is 15.6 Å². The molecule has 0 unspecified atom stereocenters. The lowest BCUT2D eigenvalue weighted by Crippen LogP contribution is -2.67. The van der Waals surface area contributed by atoms with E-state index in [1.807, 2.05) is 0 Å². The normalized spacial score (nSPS) is 11.5. The van der Waals surface area contributed by atoms with E-state index >= 15 is 0 Å². The first kappa shape index (κ1) is 40.9. The van der Waals surface area contributed by atoms with Crippen molar-refractivity contribution in [1.29, 1.82) is 0 Å². The van der Waals surface area contributed by atoms with Crippen molar-refractivity contribution >= 4 is 34.0 Å². The lowest BCUT2D eigenvalue weighted by Gasteiger charge is -2.38. The Labute approximate surface area is 373 Å². The predicted octanol–water partition coefficient (Wildman–Crippen LogP) is 14.7. The molecule has 62 heavy (non-hydrogen) atoms. The molecule has 9 aromatic carbocycles. The van der Waals surface area contributed by atoms with E-state index in [-0.39, 0.29) is 0 Å². The fourth-order valence-electron chi connectivity index (χ4n) is 10.1. The fourth-order valence-corrected chi connectivity index (χ4v) is 16.9. The first-order valence-corrected chi connectivity index (χ1v) is 24.6. The van der Waals surface area contributed by atoms with Gasteiger partial charge in [-0.1, -0.05) is 200 Å². The van der Waals surface area contributed by atoms with Crippen LogP contribution in [0.1, 0.15) is 33.4 Å². The Morgan fingerprint density at radius 3 is 0.677 bits per heavy atom. The van der Waals surface area contributed by atoms with Gasteiger partial charge in [0.05, 0.1) is 0 Å². The molecule has 302 valence electrons. The standard InChI is InChI=1S/C60H51ClSi/c1-40-37-52(46-25-13-7-14-26-46)43(4)55(49-31-19-10-20-32-49)58(40)62(61,59-41(2)38-53(47-27-15-8-16-28-47)44(5)56(59)50-33-21-11-22-34-50)60-42(3)39-54(48-29-17-9-18-30-48)45(6)57(60)51-35-23-12-24-36-51/h7-39H,1-6H3. The second kappa shape index (κ2) is 17.1. The first-order valence-electron chi connectivity index (χ1n) is 21.6. The summed E-state index contributed by atoms with van der Waals surface area (Å²) in [7, 11) is -3.69. The van der Waals surface area contributed by atoms with Crippen LogP contribution in [0.3, 0.4) is 0 Å². The van der Waals surface area contributed by atoms with Gasteiger partial charge in [0.1, 0.15) is 0 Å². The van der Waals surface area contributed by atoms with E-state index < -0.39 is 7.38 Å². The zero-order valence-corrected chi connectivity index (χ0v) is 38.2. The number of halogens is 1. The molecule has 0 atom stereocenters. The topological polar surface area (TPSA) is 0 Å². The predicted molar refractivity (Wildman–Crippen MR) is 271 cm³/mol. The molecular formula is C60H51ClSi. The summed E-state index contributed by atoms with van der Waals surface area (Å²) in [4.78, 5) is 0. The molecule has 9 aromatic rings. The fraction of sp³-hybridized carbons (Fsp3) is 0.100. The molecular weight excluding hydrogens is 784 g/mol. The summed E-state index contributed by atoms with van der Waals surface area (Å²) < 4.78 is 0. The molecule has 0 amide bonds. The Morgan fingerprint density at radius 2 is 0.468 bits per heavy atom. The lowest BCUT2D eigenvalue weighted by atomic mass is 9.90. The number of hydrogen-bond donors (Lipinski definition) is 0. The van der Waals surface area contributed by atoms with Gasteiger partial charge in [-0.25, -0.2) is 0 Å². The summed E-state index contributed by atoms with van der Waals surface area (Å²) in [5.41, 5.74) is 21.7. The van der Waals surface area contributed by atoms with Crippen LogP contribution in [0.2, 0.25) is 0 Å². The largest absolute Gasteiger partial charge is 0.250 e. The third-order valence-corrected chi connectivity index (χ3v) is 18.5. The maximum absolute atomic E-state index is 9.45. The molecule has 9 rings (SSSR count). The summed E-state index contributed by atoms with van der Waals surface area (Å²) in [6, 6.07) is 72.7. The molecule has 0 fully saturated rings. The van der Waals surface area contributed by atoms with E-state index in [2.05, 4.69) is 242 Å². The minimum Gasteiger partial charge on any atom is -0.149 e. The van der Waals surface area contributed by atoms with Gasteiger partial charge in [0.25, 0.3) is 7.38 Å². The van der Waals surface area contributed by atoms with Crippen LogP contribution in [0.15, 0.2) is 200 Å². The maximum Gasteiger partial charge on any atom is 0.250 e. The van der Waals surface area contributed by atoms with Crippen LogP contribution in [0, 0.1) is 41.5 Å². The molecule has 0 aromatic heterocycles. The van der Waals surface area contributed by atoms with Crippen molar-refractivity contribution in [3.8, 4) is 66.8 Å². The van der Waals surface area contributed by atoms with E-state index in [1.54, 1.807) is 0 Å². The van der Waals surface area contributed by atoms with Crippen molar-refractivity contribution in [2.45, 2.75) is 41.5 Å². The molecule has 0 nitrogen and oxygen atoms in total. The van der Waals surface area contributed by atoms with Gasteiger partial charge >= 0.3 is 0 Å². The number of benzene rings is 9. The average molecular weight is 836 g/mol. The SMILES string of the molecule is Cc1cc(-c2ccccc2)c(C)c(-c2ccccc2)c1[Si](Cl)(c1c(C)cc(-c2ccccc2)c(C)c1-c1ccccc1)c1c(C)cc(-c2ccccc2)c(C)c1-c1ccccc1. The summed E-state index contributed by atoms with van der Waals surface area (Å²) in [5, 5.41) is 3.71. The molecule has 0 radical (unpaired) electrons. The summed E-state index contributed by atoms with van der Waals surface area (Å²) in [5.74, 6) is 0. The van der Waals surface area contributed by atoms with Crippen LogP contribution in [-0.2, 0) is 0 Å². The average Bonchev–Trinajstić information content (AvgIpc) is 3.32. The summed E-state index contributed by atoms with van der Waals surface area (Å²) in [6.45, 7) is 13.9. The van der Waals surface area contributed by atoms with E-state index in [1.165, 1.54) is 116 Å². The van der Waals surface area contributed by atoms with Gasteiger partial charge in [0.2, 0.25) is 0 Å². The van der Waals surface area contributed by atoms with Gasteiger partial charge in [0.15, 0.2) is 0 Å². The second-order valence-corrected chi connectivity index (χ2v) is 21.2. The first-order chi connectivity index (χ1) is 30.2. The molecule has 2 heteroatoms. The summed E-state index contributed by atoms with van der Waals surface area (Å²) >= 11 is 9.45. The van der Waals surface area contributed by atoms with E-state index in [0.717, 1.165) is 0 Å². The molecule has 0 aliphatic rings. The van der Waals surface area contributed by atoms with Gasteiger partial charge in [0, 0.05) is 0 Å². The number of rotatable bonds is 9. The molecule has 0 spiro atoms. The Balaban J connectivity index is 1.53. The third-order valence-electron chi connectivity index (χ3n) is 12.8. The van der Waals surface area contributed by atoms with Crippen molar-refractivity contribution in [3.63, 3.8) is 0 Å². The Morgan fingerprint density at radius 1 is 0.274 bits per heavy atom. The third kappa shape index (κ3) is 7.16. The van der Waals surface area contributed by atoms with Crippen molar-refractivity contribution in [2.24, 2.45) is 0 Å². The van der Waals surface area contributed by atoms with Crippen LogP contribution in [0.4, 0.5) is 0 Å². The van der Waals surface area contributed by atoms with Gasteiger partial charge < -0.3 is 0 Å². The number of hydrogen-bond acceptors (Lipinski definition) is 0. The van der Waals surface area contributed by atoms with E-state index in [9.17, 15) is 11.1 Å². The highest BCUT2D eigenvalue weighted by molar-refractivity contribution is 7.41. The monoisotopic (exact) mass is 834 g/mol. The summed E-state index contributed by atoms with van der Waals surface area (Å²) in [6.07, 6.45) is 0. The highest BCUT2D eigenvalue weighted by Gasteiger charge is 2.48. The maximum atomic E-state index is 9.45. The zero-order chi connectivity index (χ0) is 43.0. The molecule has 0 saturated carbocycles. The molecule has 0 N–H and O–H groups in total. The molecule has 0 saturated heterocycles. The highest BCUT2D eigenvalue weighted by Crippen LogP contribution is 2.42. The lowest BCUT2D eigenvalue weighted by molar-refractivity contribution is 1.38. The quantitative estimate of drug-likeness (QED) is 0.0772. The van der Waals surface area contributed by atoms with Crippen molar-refractivity contribution in [3.05, 3.63) is 234 Å². The van der Waals surface area contributed by atoms with Crippen molar-refractivity contribution < 1.29 is 0 Å². The molecule has 0 heterocycles. The second-order valence-electron chi connectivity index (χ2n) is 16.7. The highest BCUT2D eigenvalue weighted by atomic mass is 35.6. The Kier molecular flexibility index (Phi) is 11.3. The van der Waals surface area contributed by atoms with E-state index in [0.29, 0.717) is 0 Å². The van der Waals surface area contributed by atoms with Crippen LogP contribution in [0.25, 0.3) is 66.8 Å². The van der Waals surface area contributed by atoms with Gasteiger partial charge in [-0.3, -0.25) is 0 Å². The van der Waals surface area contributed by atoms with Crippen LogP contribution in [-0.4, -0.2) is 7.38 Å². The molecule has 0 aliphatic heterocycles. The van der Waals surface area contributed by atoms with Gasteiger partial charge in [-0.15, -0.1) is 11.1 Å². The number of aryl methyl sites for hydroxylation is 3. The Bertz CT molecular complexity index is 2700. The van der Waals surface area contributed by atoms with Crippen LogP contribution in [0.5, 0.6) is 0 Å². The van der Waals surface area contributed by atoms with Crippen molar-refractivity contribution in [1.82, 2.24) is 0 Å². The minimum atomic E-state index is -3.69. The van der Waals surface area contributed by atoms with Gasteiger partial charge in [-0.05, 0) is 157 Å². The smallest absolute Gasteiger partial charge is 0.149 e. The van der Waals surface area contributed by atoms with Crippen LogP contribution >= 0.6 is 11.1 Å². The molecule has 0 bridgehead atoms. The minimum absolute atomic E-state index is 1.17. The zero-order valence-electron chi connectivity index (χ0n) is 36.4. The van der Waals surface area contributed by atoms with Crippen molar-refractivity contribution in [2.75, 3.05) is 0 Å². The van der Waals surface area contributed by atoms with Gasteiger partial charge in [-0.2, -0.15) is 0 Å². The molecule has 0 aliphatic carbocycles. The van der Waals surface area contributed by atoms with E-state index in [4.69, 9.17) is 0 Å². The Hall–Kier alpha value is -6.51.